The Hall–Kier alpha value is -0.120. The fourth-order valence-corrected chi connectivity index (χ4v) is 1.03. The molecule has 0 radical (unpaired) electrons. The van der Waals surface area contributed by atoms with Crippen LogP contribution in [0.3, 0.4) is 0 Å². The molecule has 0 saturated carbocycles. The normalized spacial score (nSPS) is 13.2. The van der Waals surface area contributed by atoms with Crippen molar-refractivity contribution in [3.05, 3.63) is 0 Å². The van der Waals surface area contributed by atoms with Gasteiger partial charge in [0.15, 0.2) is 0 Å². The Morgan fingerprint density at radius 3 is 2.46 bits per heavy atom. The molecule has 0 saturated heterocycles. The molecule has 1 atom stereocenters. The second-order valence-corrected chi connectivity index (χ2v) is 3.16. The number of hydrogen-bond acceptors (Lipinski definition) is 3. The zero-order valence-electron chi connectivity index (χ0n) is 8.79. The van der Waals surface area contributed by atoms with Gasteiger partial charge in [-0.25, -0.2) is 0 Å². The van der Waals surface area contributed by atoms with E-state index in [-0.39, 0.29) is 6.10 Å². The largest absolute Gasteiger partial charge is 0.393 e. The second kappa shape index (κ2) is 9.96. The van der Waals surface area contributed by atoms with Gasteiger partial charge in [-0.2, -0.15) is 0 Å². The summed E-state index contributed by atoms with van der Waals surface area (Å²) < 4.78 is 10.2. The van der Waals surface area contributed by atoms with Crippen LogP contribution in [0.25, 0.3) is 0 Å². The molecule has 0 aliphatic carbocycles. The van der Waals surface area contributed by atoms with Gasteiger partial charge in [-0.05, 0) is 25.7 Å². The summed E-state index contributed by atoms with van der Waals surface area (Å²) in [4.78, 5) is 0. The molecule has 0 rings (SSSR count). The van der Waals surface area contributed by atoms with Crippen LogP contribution in [-0.2, 0) is 9.47 Å². The zero-order chi connectivity index (χ0) is 9.94. The molecular formula is C10H22O3. The van der Waals surface area contributed by atoms with E-state index in [1.54, 1.807) is 7.11 Å². The lowest BCUT2D eigenvalue weighted by Crippen LogP contribution is -2.07. The lowest BCUT2D eigenvalue weighted by atomic mass is 10.1. The van der Waals surface area contributed by atoms with Crippen molar-refractivity contribution >= 4 is 0 Å². The van der Waals surface area contributed by atoms with E-state index in [0.717, 1.165) is 45.5 Å². The van der Waals surface area contributed by atoms with Gasteiger partial charge < -0.3 is 14.6 Å². The standard InChI is InChI=1S/C10H22O3/c1-3-10(11)6-4-8-13-9-5-7-12-2/h10-11H,3-9H2,1-2H3. The van der Waals surface area contributed by atoms with E-state index in [0.29, 0.717) is 0 Å². The van der Waals surface area contributed by atoms with Crippen LogP contribution < -0.4 is 0 Å². The van der Waals surface area contributed by atoms with Gasteiger partial charge in [-0.3, -0.25) is 0 Å². The molecule has 1 unspecified atom stereocenters. The quantitative estimate of drug-likeness (QED) is 0.561. The maximum Gasteiger partial charge on any atom is 0.0538 e. The highest BCUT2D eigenvalue weighted by Crippen LogP contribution is 2.00. The van der Waals surface area contributed by atoms with Crippen LogP contribution in [-0.4, -0.2) is 38.1 Å². The van der Waals surface area contributed by atoms with Gasteiger partial charge in [-0.1, -0.05) is 6.92 Å². The SMILES string of the molecule is CCC(O)CCCOCCCOC. The molecule has 0 amide bonds. The van der Waals surface area contributed by atoms with Gasteiger partial charge >= 0.3 is 0 Å². The van der Waals surface area contributed by atoms with Crippen molar-refractivity contribution in [1.82, 2.24) is 0 Å². The minimum atomic E-state index is -0.150. The molecular weight excluding hydrogens is 168 g/mol. The van der Waals surface area contributed by atoms with Gasteiger partial charge in [-0.15, -0.1) is 0 Å². The number of aliphatic hydroxyl groups is 1. The summed E-state index contributed by atoms with van der Waals surface area (Å²) >= 11 is 0. The molecule has 0 aromatic carbocycles. The lowest BCUT2D eigenvalue weighted by Gasteiger charge is -2.07. The molecule has 3 heteroatoms. The fourth-order valence-electron chi connectivity index (χ4n) is 1.03. The Balaban J connectivity index is 2.91. The summed E-state index contributed by atoms with van der Waals surface area (Å²) in [5.41, 5.74) is 0. The van der Waals surface area contributed by atoms with Crippen LogP contribution in [0.1, 0.15) is 32.6 Å². The topological polar surface area (TPSA) is 38.7 Å². The van der Waals surface area contributed by atoms with Crippen molar-refractivity contribution < 1.29 is 14.6 Å². The van der Waals surface area contributed by atoms with Crippen LogP contribution >= 0.6 is 0 Å². The molecule has 3 nitrogen and oxygen atoms in total. The first-order chi connectivity index (χ1) is 6.31. The first kappa shape index (κ1) is 12.9. The summed E-state index contributed by atoms with van der Waals surface area (Å²) in [6, 6.07) is 0. The minimum absolute atomic E-state index is 0.150. The molecule has 0 bridgehead atoms. The lowest BCUT2D eigenvalue weighted by molar-refractivity contribution is 0.0874. The number of ether oxygens (including phenoxy) is 2. The number of methoxy groups -OCH3 is 1. The van der Waals surface area contributed by atoms with Crippen LogP contribution in [0.5, 0.6) is 0 Å². The van der Waals surface area contributed by atoms with Crippen molar-refractivity contribution in [1.29, 1.82) is 0 Å². The zero-order valence-corrected chi connectivity index (χ0v) is 8.79. The Kier molecular flexibility index (Phi) is 9.87. The van der Waals surface area contributed by atoms with E-state index in [4.69, 9.17) is 9.47 Å². The number of rotatable bonds is 9. The summed E-state index contributed by atoms with van der Waals surface area (Å²) in [7, 11) is 1.69. The fraction of sp³-hybridized carbons (Fsp3) is 1.00. The van der Waals surface area contributed by atoms with Gasteiger partial charge in [0, 0.05) is 26.9 Å². The highest BCUT2D eigenvalue weighted by atomic mass is 16.5. The maximum atomic E-state index is 9.22. The average molecular weight is 190 g/mol. The molecule has 0 fully saturated rings. The Labute approximate surface area is 81.0 Å². The highest BCUT2D eigenvalue weighted by molar-refractivity contribution is 4.51. The first-order valence-corrected chi connectivity index (χ1v) is 5.06. The molecule has 0 heterocycles. The van der Waals surface area contributed by atoms with Crippen LogP contribution in [0, 0.1) is 0 Å². The van der Waals surface area contributed by atoms with Gasteiger partial charge in [0.2, 0.25) is 0 Å². The van der Waals surface area contributed by atoms with Crippen molar-refractivity contribution in [2.75, 3.05) is 26.9 Å². The predicted molar refractivity (Wildman–Crippen MR) is 52.8 cm³/mol. The van der Waals surface area contributed by atoms with Crippen molar-refractivity contribution in [2.24, 2.45) is 0 Å². The first-order valence-electron chi connectivity index (χ1n) is 5.06. The molecule has 13 heavy (non-hydrogen) atoms. The second-order valence-electron chi connectivity index (χ2n) is 3.16. The minimum Gasteiger partial charge on any atom is -0.393 e. The highest BCUT2D eigenvalue weighted by Gasteiger charge is 1.99. The van der Waals surface area contributed by atoms with Crippen molar-refractivity contribution in [3.8, 4) is 0 Å². The summed E-state index contributed by atoms with van der Waals surface area (Å²) in [6.45, 7) is 4.26. The maximum absolute atomic E-state index is 9.22. The van der Waals surface area contributed by atoms with E-state index in [2.05, 4.69) is 0 Å². The molecule has 1 N–H and O–H groups in total. The summed E-state index contributed by atoms with van der Waals surface area (Å²) in [6.07, 6.45) is 3.43. The molecule has 80 valence electrons. The van der Waals surface area contributed by atoms with Crippen molar-refractivity contribution in [3.63, 3.8) is 0 Å². The third-order valence-corrected chi connectivity index (χ3v) is 1.93. The summed E-state index contributed by atoms with van der Waals surface area (Å²) in [5.74, 6) is 0. The van der Waals surface area contributed by atoms with E-state index >= 15 is 0 Å². The summed E-state index contributed by atoms with van der Waals surface area (Å²) in [5, 5.41) is 9.22. The van der Waals surface area contributed by atoms with Crippen molar-refractivity contribution in [2.45, 2.75) is 38.7 Å². The molecule has 0 aromatic heterocycles. The van der Waals surface area contributed by atoms with Crippen LogP contribution in [0.4, 0.5) is 0 Å². The third kappa shape index (κ3) is 9.80. The monoisotopic (exact) mass is 190 g/mol. The molecule has 0 aromatic rings. The van der Waals surface area contributed by atoms with E-state index in [1.165, 1.54) is 0 Å². The molecule has 0 aliphatic rings. The van der Waals surface area contributed by atoms with E-state index in [1.807, 2.05) is 6.92 Å². The number of hydrogen-bond donors (Lipinski definition) is 1. The van der Waals surface area contributed by atoms with Gasteiger partial charge in [0.1, 0.15) is 0 Å². The number of aliphatic hydroxyl groups excluding tert-OH is 1. The smallest absolute Gasteiger partial charge is 0.0538 e. The predicted octanol–water partition coefficient (Wildman–Crippen LogP) is 1.59. The Morgan fingerprint density at radius 1 is 1.15 bits per heavy atom. The van der Waals surface area contributed by atoms with Gasteiger partial charge in [0.05, 0.1) is 6.10 Å². The van der Waals surface area contributed by atoms with E-state index in [9.17, 15) is 5.11 Å². The Morgan fingerprint density at radius 2 is 1.85 bits per heavy atom. The van der Waals surface area contributed by atoms with Crippen LogP contribution in [0.2, 0.25) is 0 Å². The van der Waals surface area contributed by atoms with Gasteiger partial charge in [0.25, 0.3) is 0 Å². The third-order valence-electron chi connectivity index (χ3n) is 1.93. The van der Waals surface area contributed by atoms with Crippen LogP contribution in [0.15, 0.2) is 0 Å². The average Bonchev–Trinajstić information content (AvgIpc) is 2.16. The molecule has 0 spiro atoms. The molecule has 0 aliphatic heterocycles. The Bertz CT molecular complexity index is 96.2. The van der Waals surface area contributed by atoms with E-state index < -0.39 is 0 Å².